The van der Waals surface area contributed by atoms with Gasteiger partial charge in [0.15, 0.2) is 5.52 Å². The Hall–Kier alpha value is -2.38. The molecule has 4 rings (SSSR count). The Morgan fingerprint density at radius 1 is 1.04 bits per heavy atom. The second-order valence-corrected chi connectivity index (χ2v) is 7.87. The number of aromatic nitrogens is 2. The van der Waals surface area contributed by atoms with Crippen LogP contribution in [0.15, 0.2) is 10.7 Å². The van der Waals surface area contributed by atoms with Crippen LogP contribution in [0.5, 0.6) is 0 Å². The lowest BCUT2D eigenvalue weighted by atomic mass is 9.98. The van der Waals surface area contributed by atoms with Crippen LogP contribution in [0.3, 0.4) is 0 Å². The van der Waals surface area contributed by atoms with Gasteiger partial charge >= 0.3 is 5.69 Å². The first-order valence-corrected chi connectivity index (χ1v) is 9.48. The molecule has 2 aliphatic rings. The minimum absolute atomic E-state index is 0.0177. The fraction of sp³-hybridized carbons (Fsp3) is 0.667. The highest BCUT2D eigenvalue weighted by Gasteiger charge is 2.32. The summed E-state index contributed by atoms with van der Waals surface area (Å²) in [6.45, 7) is 7.95. The molecule has 2 fully saturated rings. The van der Waals surface area contributed by atoms with Gasteiger partial charge < -0.3 is 9.80 Å². The summed E-state index contributed by atoms with van der Waals surface area (Å²) >= 11 is 0. The maximum absolute atomic E-state index is 11.9. The molecular weight excluding hydrogens is 334 g/mol. The van der Waals surface area contributed by atoms with Crippen molar-refractivity contribution in [2.75, 3.05) is 36.0 Å². The van der Waals surface area contributed by atoms with Crippen LogP contribution >= 0.6 is 0 Å². The van der Waals surface area contributed by atoms with E-state index in [1.807, 2.05) is 6.07 Å². The quantitative estimate of drug-likeness (QED) is 0.611. The zero-order valence-corrected chi connectivity index (χ0v) is 15.3. The van der Waals surface area contributed by atoms with Crippen molar-refractivity contribution >= 4 is 28.1 Å². The Morgan fingerprint density at radius 3 is 2.19 bits per heavy atom. The van der Waals surface area contributed by atoms with Gasteiger partial charge in [-0.2, -0.15) is 0 Å². The molecule has 1 aromatic carbocycles. The molecule has 140 valence electrons. The number of benzene rings is 1. The van der Waals surface area contributed by atoms with Gasteiger partial charge in [0.05, 0.1) is 10.6 Å². The van der Waals surface area contributed by atoms with Gasteiger partial charge in [-0.3, -0.25) is 10.1 Å². The van der Waals surface area contributed by atoms with Crippen molar-refractivity contribution in [3.63, 3.8) is 0 Å². The number of hydrogen-bond acceptors (Lipinski definition) is 7. The van der Waals surface area contributed by atoms with Gasteiger partial charge in [-0.25, -0.2) is 4.63 Å². The van der Waals surface area contributed by atoms with E-state index in [1.165, 1.54) is 6.42 Å². The highest BCUT2D eigenvalue weighted by Crippen LogP contribution is 2.42. The summed E-state index contributed by atoms with van der Waals surface area (Å²) in [5.74, 6) is 1.11. The summed E-state index contributed by atoms with van der Waals surface area (Å²) in [6.07, 6.45) is 4.53. The second-order valence-electron chi connectivity index (χ2n) is 7.87. The predicted octanol–water partition coefficient (Wildman–Crippen LogP) is 3.60. The van der Waals surface area contributed by atoms with Crippen molar-refractivity contribution < 1.29 is 9.55 Å². The normalized spacial score (nSPS) is 24.2. The number of nitro benzene ring substituents is 1. The van der Waals surface area contributed by atoms with Gasteiger partial charge in [0, 0.05) is 26.2 Å². The van der Waals surface area contributed by atoms with Crippen LogP contribution < -0.4 is 9.80 Å². The Morgan fingerprint density at radius 2 is 1.62 bits per heavy atom. The Balaban J connectivity index is 1.86. The zero-order chi connectivity index (χ0) is 18.3. The smallest absolute Gasteiger partial charge is 0.323 e. The highest BCUT2D eigenvalue weighted by molar-refractivity contribution is 6.00. The molecule has 0 saturated carbocycles. The molecule has 2 atom stereocenters. The lowest BCUT2D eigenvalue weighted by molar-refractivity contribution is -0.382. The van der Waals surface area contributed by atoms with Gasteiger partial charge in [0.1, 0.15) is 5.69 Å². The van der Waals surface area contributed by atoms with E-state index in [4.69, 9.17) is 4.63 Å². The van der Waals surface area contributed by atoms with Gasteiger partial charge in [-0.05, 0) is 53.9 Å². The van der Waals surface area contributed by atoms with Crippen LogP contribution in [-0.2, 0) is 0 Å². The maximum Gasteiger partial charge on any atom is 0.323 e. The van der Waals surface area contributed by atoms with Gasteiger partial charge in [0.2, 0.25) is 5.52 Å². The minimum atomic E-state index is -0.344. The van der Waals surface area contributed by atoms with Crippen LogP contribution in [-0.4, -0.2) is 41.4 Å². The molecular formula is C18H25N5O3. The molecule has 2 aromatic rings. The summed E-state index contributed by atoms with van der Waals surface area (Å²) in [5.41, 5.74) is 2.34. The number of rotatable bonds is 3. The van der Waals surface area contributed by atoms with Crippen molar-refractivity contribution in [1.29, 1.82) is 0 Å². The van der Waals surface area contributed by atoms with Crippen LogP contribution in [0.25, 0.3) is 11.0 Å². The summed E-state index contributed by atoms with van der Waals surface area (Å²) in [7, 11) is 0. The van der Waals surface area contributed by atoms with Crippen LogP contribution in [0.4, 0.5) is 17.1 Å². The first kappa shape index (κ1) is 17.1. The summed E-state index contributed by atoms with van der Waals surface area (Å²) in [4.78, 5) is 15.9. The van der Waals surface area contributed by atoms with E-state index in [0.29, 0.717) is 23.0 Å². The lowest BCUT2D eigenvalue weighted by Gasteiger charge is -2.35. The molecule has 0 N–H and O–H groups in total. The van der Waals surface area contributed by atoms with E-state index in [0.717, 1.165) is 51.1 Å². The van der Waals surface area contributed by atoms with Gasteiger partial charge in [-0.15, -0.1) is 0 Å². The molecule has 2 saturated heterocycles. The summed E-state index contributed by atoms with van der Waals surface area (Å²) < 4.78 is 4.93. The van der Waals surface area contributed by atoms with E-state index < -0.39 is 0 Å². The molecule has 2 aliphatic heterocycles. The van der Waals surface area contributed by atoms with E-state index >= 15 is 0 Å². The van der Waals surface area contributed by atoms with E-state index in [2.05, 4.69) is 34.0 Å². The van der Waals surface area contributed by atoms with Gasteiger partial charge in [0.25, 0.3) is 0 Å². The maximum atomic E-state index is 11.9. The number of nitro groups is 1. The molecule has 0 radical (unpaired) electrons. The molecule has 8 nitrogen and oxygen atoms in total. The zero-order valence-electron chi connectivity index (χ0n) is 15.3. The molecule has 1 aromatic heterocycles. The molecule has 8 heteroatoms. The number of nitrogens with zero attached hydrogens (tertiary/aromatic N) is 5. The average Bonchev–Trinajstić information content (AvgIpc) is 3.09. The van der Waals surface area contributed by atoms with E-state index in [1.54, 1.807) is 0 Å². The average molecular weight is 359 g/mol. The molecule has 0 unspecified atom stereocenters. The third kappa shape index (κ3) is 2.97. The third-order valence-corrected chi connectivity index (χ3v) is 5.65. The molecule has 26 heavy (non-hydrogen) atoms. The van der Waals surface area contributed by atoms with Crippen molar-refractivity contribution in [1.82, 2.24) is 10.3 Å². The monoisotopic (exact) mass is 359 g/mol. The predicted molar refractivity (Wildman–Crippen MR) is 99.7 cm³/mol. The summed E-state index contributed by atoms with van der Waals surface area (Å²) in [5, 5.41) is 19.8. The van der Waals surface area contributed by atoms with Crippen LogP contribution in [0.1, 0.15) is 39.5 Å². The molecule has 0 amide bonds. The SMILES string of the molecule is C[C@@H]1CCCN(c2cc(N3CCC[C@H](C)C3)c([N+](=O)[O-])c3nonc23)C1. The minimum Gasteiger partial charge on any atom is -0.369 e. The first-order chi connectivity index (χ1) is 12.5. The van der Waals surface area contributed by atoms with E-state index in [9.17, 15) is 10.1 Å². The topological polar surface area (TPSA) is 88.5 Å². The third-order valence-electron chi connectivity index (χ3n) is 5.65. The first-order valence-electron chi connectivity index (χ1n) is 9.48. The number of anilines is 2. The van der Waals surface area contributed by atoms with Crippen molar-refractivity contribution in [3.8, 4) is 0 Å². The lowest BCUT2D eigenvalue weighted by Crippen LogP contribution is -2.36. The molecule has 0 bridgehead atoms. The van der Waals surface area contributed by atoms with Crippen LogP contribution in [0, 0.1) is 22.0 Å². The Labute approximate surface area is 152 Å². The fourth-order valence-corrected chi connectivity index (χ4v) is 4.38. The summed E-state index contributed by atoms with van der Waals surface area (Å²) in [6, 6.07) is 1.95. The molecule has 0 aliphatic carbocycles. The highest BCUT2D eigenvalue weighted by atomic mass is 16.6. The fourth-order valence-electron chi connectivity index (χ4n) is 4.38. The van der Waals surface area contributed by atoms with Crippen molar-refractivity contribution in [2.45, 2.75) is 39.5 Å². The van der Waals surface area contributed by atoms with E-state index in [-0.39, 0.29) is 16.1 Å². The van der Waals surface area contributed by atoms with Crippen molar-refractivity contribution in [3.05, 3.63) is 16.2 Å². The molecule has 0 spiro atoms. The largest absolute Gasteiger partial charge is 0.369 e. The van der Waals surface area contributed by atoms with Gasteiger partial charge in [-0.1, -0.05) is 13.8 Å². The number of fused-ring (bicyclic) bond motifs is 1. The Bertz CT molecular complexity index is 821. The standard InChI is InChI=1S/C18H25N5O3/c1-12-5-3-7-21(10-12)14-9-15(22-8-4-6-13(2)11-22)18(23(24)25)17-16(14)19-26-20-17/h9,12-13H,3-8,10-11H2,1-2H3/t12-,13+/m1/s1. The number of hydrogen-bond donors (Lipinski definition) is 0. The number of piperidine rings is 2. The second kappa shape index (κ2) is 6.74. The molecule has 3 heterocycles. The Kier molecular flexibility index (Phi) is 4.42. The van der Waals surface area contributed by atoms with Crippen molar-refractivity contribution in [2.24, 2.45) is 11.8 Å². The van der Waals surface area contributed by atoms with Crippen LogP contribution in [0.2, 0.25) is 0 Å².